The normalized spacial score (nSPS) is 12.9. The standard InChI is InChI=1S/C8H11NO2/c1-6(9)8(10)5-7-3-2-4-11-7/h2-4,6H,5,9H2,1H3/t6-/m1/s1. The lowest BCUT2D eigenvalue weighted by molar-refractivity contribution is -0.119. The Balaban J connectivity index is 2.50. The smallest absolute Gasteiger partial charge is 0.156 e. The summed E-state index contributed by atoms with van der Waals surface area (Å²) in [5.41, 5.74) is 5.36. The highest BCUT2D eigenvalue weighted by Gasteiger charge is 2.09. The maximum absolute atomic E-state index is 11.0. The number of furan rings is 1. The van der Waals surface area contributed by atoms with E-state index in [1.54, 1.807) is 25.3 Å². The van der Waals surface area contributed by atoms with Crippen molar-refractivity contribution in [1.82, 2.24) is 0 Å². The van der Waals surface area contributed by atoms with E-state index in [1.807, 2.05) is 0 Å². The van der Waals surface area contributed by atoms with Gasteiger partial charge in [0.2, 0.25) is 0 Å². The molecule has 0 radical (unpaired) electrons. The van der Waals surface area contributed by atoms with Gasteiger partial charge in [-0.25, -0.2) is 0 Å². The number of hydrogen-bond donors (Lipinski definition) is 1. The molecule has 0 unspecified atom stereocenters. The van der Waals surface area contributed by atoms with Gasteiger partial charge in [-0.3, -0.25) is 4.79 Å². The van der Waals surface area contributed by atoms with Crippen molar-refractivity contribution in [3.05, 3.63) is 24.2 Å². The van der Waals surface area contributed by atoms with Crippen LogP contribution in [0.2, 0.25) is 0 Å². The molecule has 0 spiro atoms. The van der Waals surface area contributed by atoms with Crippen molar-refractivity contribution >= 4 is 5.78 Å². The molecule has 1 rings (SSSR count). The fourth-order valence-electron chi connectivity index (χ4n) is 0.746. The number of hydrogen-bond acceptors (Lipinski definition) is 3. The second-order valence-corrected chi connectivity index (χ2v) is 2.51. The average molecular weight is 153 g/mol. The molecule has 1 aromatic heterocycles. The molecule has 0 amide bonds. The van der Waals surface area contributed by atoms with Gasteiger partial charge < -0.3 is 10.2 Å². The van der Waals surface area contributed by atoms with E-state index >= 15 is 0 Å². The first kappa shape index (κ1) is 8.01. The third-order valence-electron chi connectivity index (χ3n) is 1.44. The molecule has 0 aliphatic rings. The summed E-state index contributed by atoms with van der Waals surface area (Å²) in [7, 11) is 0. The van der Waals surface area contributed by atoms with Gasteiger partial charge in [-0.2, -0.15) is 0 Å². The van der Waals surface area contributed by atoms with Crippen molar-refractivity contribution in [3.8, 4) is 0 Å². The minimum Gasteiger partial charge on any atom is -0.469 e. The lowest BCUT2D eigenvalue weighted by atomic mass is 10.1. The minimum atomic E-state index is -0.403. The molecule has 0 bridgehead atoms. The third kappa shape index (κ3) is 2.20. The Morgan fingerprint density at radius 3 is 3.00 bits per heavy atom. The first-order chi connectivity index (χ1) is 5.20. The molecule has 0 fully saturated rings. The van der Waals surface area contributed by atoms with Crippen LogP contribution in [-0.2, 0) is 11.2 Å². The summed E-state index contributed by atoms with van der Waals surface area (Å²) < 4.78 is 4.98. The molecule has 1 atom stereocenters. The molecule has 0 saturated carbocycles. The highest BCUT2D eigenvalue weighted by Crippen LogP contribution is 2.01. The van der Waals surface area contributed by atoms with Crippen LogP contribution < -0.4 is 5.73 Å². The summed E-state index contributed by atoms with van der Waals surface area (Å²) in [5.74, 6) is 0.673. The van der Waals surface area contributed by atoms with E-state index < -0.39 is 6.04 Å². The van der Waals surface area contributed by atoms with Gasteiger partial charge in [0.1, 0.15) is 5.76 Å². The zero-order valence-electron chi connectivity index (χ0n) is 6.41. The lowest BCUT2D eigenvalue weighted by Crippen LogP contribution is -2.27. The van der Waals surface area contributed by atoms with Crippen LogP contribution in [0.4, 0.5) is 0 Å². The highest BCUT2D eigenvalue weighted by molar-refractivity contribution is 5.84. The Bertz CT molecular complexity index is 226. The monoisotopic (exact) mass is 153 g/mol. The van der Waals surface area contributed by atoms with Crippen LogP contribution in [0.1, 0.15) is 12.7 Å². The van der Waals surface area contributed by atoms with Gasteiger partial charge in [0.15, 0.2) is 5.78 Å². The zero-order chi connectivity index (χ0) is 8.27. The minimum absolute atomic E-state index is 0.0000463. The summed E-state index contributed by atoms with van der Waals surface area (Å²) in [6.07, 6.45) is 1.84. The van der Waals surface area contributed by atoms with Crippen molar-refractivity contribution in [2.45, 2.75) is 19.4 Å². The zero-order valence-corrected chi connectivity index (χ0v) is 6.41. The van der Waals surface area contributed by atoms with Gasteiger partial charge in [0.25, 0.3) is 0 Å². The van der Waals surface area contributed by atoms with Gasteiger partial charge in [-0.1, -0.05) is 0 Å². The molecule has 0 aliphatic carbocycles. The van der Waals surface area contributed by atoms with Crippen LogP contribution in [0.3, 0.4) is 0 Å². The second-order valence-electron chi connectivity index (χ2n) is 2.51. The SMILES string of the molecule is C[C@@H](N)C(=O)Cc1ccco1. The summed E-state index contributed by atoms with van der Waals surface area (Å²) in [6.45, 7) is 1.67. The van der Waals surface area contributed by atoms with Crippen molar-refractivity contribution in [2.75, 3.05) is 0 Å². The molecular formula is C8H11NO2. The number of rotatable bonds is 3. The molecule has 1 heterocycles. The Labute approximate surface area is 65.2 Å². The van der Waals surface area contributed by atoms with E-state index in [1.165, 1.54) is 0 Å². The third-order valence-corrected chi connectivity index (χ3v) is 1.44. The molecule has 0 aromatic carbocycles. The Morgan fingerprint density at radius 2 is 2.55 bits per heavy atom. The molecule has 2 N–H and O–H groups in total. The van der Waals surface area contributed by atoms with E-state index in [0.717, 1.165) is 0 Å². The number of carbonyl (C=O) groups is 1. The molecule has 1 aromatic rings. The Hall–Kier alpha value is -1.09. The van der Waals surface area contributed by atoms with Crippen LogP contribution >= 0.6 is 0 Å². The fraction of sp³-hybridized carbons (Fsp3) is 0.375. The quantitative estimate of drug-likeness (QED) is 0.696. The van der Waals surface area contributed by atoms with Crippen LogP contribution in [0.5, 0.6) is 0 Å². The predicted molar refractivity (Wildman–Crippen MR) is 41.1 cm³/mol. The maximum Gasteiger partial charge on any atom is 0.156 e. The van der Waals surface area contributed by atoms with Gasteiger partial charge in [0.05, 0.1) is 18.7 Å². The molecule has 3 nitrogen and oxygen atoms in total. The van der Waals surface area contributed by atoms with Crippen LogP contribution in [0.15, 0.2) is 22.8 Å². The average Bonchev–Trinajstić information content (AvgIpc) is 2.39. The molecular weight excluding hydrogens is 142 g/mol. The predicted octanol–water partition coefficient (Wildman–Crippen LogP) is 0.738. The molecule has 11 heavy (non-hydrogen) atoms. The number of carbonyl (C=O) groups excluding carboxylic acids is 1. The van der Waals surface area contributed by atoms with Crippen LogP contribution in [-0.4, -0.2) is 11.8 Å². The highest BCUT2D eigenvalue weighted by atomic mass is 16.3. The van der Waals surface area contributed by atoms with Gasteiger partial charge in [-0.05, 0) is 19.1 Å². The molecule has 0 aliphatic heterocycles. The van der Waals surface area contributed by atoms with Crippen LogP contribution in [0.25, 0.3) is 0 Å². The van der Waals surface area contributed by atoms with Crippen molar-refractivity contribution < 1.29 is 9.21 Å². The van der Waals surface area contributed by atoms with E-state index in [9.17, 15) is 4.79 Å². The summed E-state index contributed by atoms with van der Waals surface area (Å²) >= 11 is 0. The van der Waals surface area contributed by atoms with Crippen molar-refractivity contribution in [1.29, 1.82) is 0 Å². The summed E-state index contributed by atoms with van der Waals surface area (Å²) in [4.78, 5) is 11.0. The summed E-state index contributed by atoms with van der Waals surface area (Å²) in [6, 6.07) is 3.12. The van der Waals surface area contributed by atoms with Gasteiger partial charge >= 0.3 is 0 Å². The van der Waals surface area contributed by atoms with E-state index in [0.29, 0.717) is 12.2 Å². The first-order valence-corrected chi connectivity index (χ1v) is 3.51. The lowest BCUT2D eigenvalue weighted by Gasteiger charge is -2.00. The van der Waals surface area contributed by atoms with Crippen molar-refractivity contribution in [3.63, 3.8) is 0 Å². The number of nitrogens with two attached hydrogens (primary N) is 1. The Morgan fingerprint density at radius 1 is 1.82 bits per heavy atom. The Kier molecular flexibility index (Phi) is 2.44. The number of Topliss-reactive ketones (excluding diaryl/α,β-unsaturated/α-hetero) is 1. The summed E-state index contributed by atoms with van der Waals surface area (Å²) in [5, 5.41) is 0. The van der Waals surface area contributed by atoms with Crippen LogP contribution in [0, 0.1) is 0 Å². The van der Waals surface area contributed by atoms with E-state index in [4.69, 9.17) is 10.2 Å². The number of ketones is 1. The van der Waals surface area contributed by atoms with Gasteiger partial charge in [0, 0.05) is 0 Å². The molecule has 0 saturated heterocycles. The molecule has 3 heteroatoms. The maximum atomic E-state index is 11.0. The first-order valence-electron chi connectivity index (χ1n) is 3.51. The fourth-order valence-corrected chi connectivity index (χ4v) is 0.746. The van der Waals surface area contributed by atoms with E-state index in [2.05, 4.69) is 0 Å². The van der Waals surface area contributed by atoms with Gasteiger partial charge in [-0.15, -0.1) is 0 Å². The molecule has 60 valence electrons. The van der Waals surface area contributed by atoms with E-state index in [-0.39, 0.29) is 5.78 Å². The topological polar surface area (TPSA) is 56.2 Å². The largest absolute Gasteiger partial charge is 0.469 e. The second kappa shape index (κ2) is 3.34. The van der Waals surface area contributed by atoms with Crippen molar-refractivity contribution in [2.24, 2.45) is 5.73 Å².